The van der Waals surface area contributed by atoms with Gasteiger partial charge in [-0.3, -0.25) is 0 Å². The minimum absolute atomic E-state index is 0.586. The number of halogens is 9. The largest absolute Gasteiger partial charge is 0.416 e. The van der Waals surface area contributed by atoms with Gasteiger partial charge in [0.2, 0.25) is 0 Å². The molecule has 0 aliphatic rings. The van der Waals surface area contributed by atoms with Crippen molar-refractivity contribution in [2.75, 3.05) is 0 Å². The van der Waals surface area contributed by atoms with E-state index in [4.69, 9.17) is 0 Å². The van der Waals surface area contributed by atoms with Crippen LogP contribution in [0.1, 0.15) is 16.7 Å². The lowest BCUT2D eigenvalue weighted by Gasteiger charge is -2.06. The lowest BCUT2D eigenvalue weighted by atomic mass is 10.1. The van der Waals surface area contributed by atoms with E-state index in [1.165, 1.54) is 70.4 Å². The SMILES string of the molecule is FC(F)(F)c1ccc(-c2cc3c(s2)c2cc(-c4ccc(C(F)(F)F)cc4)sc2c2cc(-c4ccc(C(F)(F)F)cc4)sc32)cc1. The Morgan fingerprint density at radius 2 is 0.556 bits per heavy atom. The van der Waals surface area contributed by atoms with Gasteiger partial charge in [-0.2, -0.15) is 39.5 Å². The Balaban J connectivity index is 1.43. The average Bonchev–Trinajstić information content (AvgIpc) is 3.73. The van der Waals surface area contributed by atoms with Crippen molar-refractivity contribution < 1.29 is 39.5 Å². The molecular formula is C33H15F9S3. The molecule has 228 valence electrons. The Morgan fingerprint density at radius 3 is 0.756 bits per heavy atom. The van der Waals surface area contributed by atoms with Crippen LogP contribution in [0, 0.1) is 0 Å². The maximum Gasteiger partial charge on any atom is 0.416 e. The summed E-state index contributed by atoms with van der Waals surface area (Å²) in [5.74, 6) is 0. The van der Waals surface area contributed by atoms with Crippen LogP contribution in [0.15, 0.2) is 91.0 Å². The van der Waals surface area contributed by atoms with E-state index < -0.39 is 35.2 Å². The molecule has 7 aromatic rings. The number of rotatable bonds is 3. The summed E-state index contributed by atoms with van der Waals surface area (Å²) in [6.07, 6.45) is -13.4. The van der Waals surface area contributed by atoms with E-state index in [2.05, 4.69) is 0 Å². The highest BCUT2D eigenvalue weighted by Gasteiger charge is 2.32. The molecule has 7 rings (SSSR count). The predicted molar refractivity (Wildman–Crippen MR) is 164 cm³/mol. The molecule has 12 heteroatoms. The lowest BCUT2D eigenvalue weighted by Crippen LogP contribution is -2.03. The molecule has 0 bridgehead atoms. The number of alkyl halides is 9. The second-order valence-electron chi connectivity index (χ2n) is 10.3. The van der Waals surface area contributed by atoms with Gasteiger partial charge in [0.25, 0.3) is 0 Å². The number of thiophene rings is 3. The second-order valence-corrected chi connectivity index (χ2v) is 13.4. The molecule has 3 aromatic heterocycles. The minimum atomic E-state index is -4.48. The topological polar surface area (TPSA) is 0 Å². The van der Waals surface area contributed by atoms with Crippen LogP contribution in [0.3, 0.4) is 0 Å². The van der Waals surface area contributed by atoms with Crippen molar-refractivity contribution in [1.29, 1.82) is 0 Å². The maximum absolute atomic E-state index is 13.2. The summed E-state index contributed by atoms with van der Waals surface area (Å²) < 4.78 is 121. The van der Waals surface area contributed by atoms with Crippen molar-refractivity contribution in [2.45, 2.75) is 18.5 Å². The van der Waals surface area contributed by atoms with Gasteiger partial charge in [0.1, 0.15) is 0 Å². The van der Waals surface area contributed by atoms with Crippen molar-refractivity contribution in [3.05, 3.63) is 108 Å². The van der Waals surface area contributed by atoms with E-state index in [1.807, 2.05) is 18.2 Å². The molecule has 0 fully saturated rings. The summed E-state index contributed by atoms with van der Waals surface area (Å²) in [4.78, 5) is 2.16. The van der Waals surface area contributed by atoms with Gasteiger partial charge in [-0.15, -0.1) is 34.0 Å². The summed E-state index contributed by atoms with van der Waals surface area (Å²) in [6.45, 7) is 0. The van der Waals surface area contributed by atoms with Crippen molar-refractivity contribution in [2.24, 2.45) is 0 Å². The number of benzene rings is 4. The third kappa shape index (κ3) is 5.38. The van der Waals surface area contributed by atoms with E-state index in [0.29, 0.717) is 16.7 Å². The van der Waals surface area contributed by atoms with Crippen LogP contribution in [-0.2, 0) is 18.5 Å². The fourth-order valence-corrected chi connectivity index (χ4v) is 8.95. The third-order valence-corrected chi connectivity index (χ3v) is 11.1. The molecule has 45 heavy (non-hydrogen) atoms. The van der Waals surface area contributed by atoms with Gasteiger partial charge in [0.05, 0.1) is 16.7 Å². The summed E-state index contributed by atoms with van der Waals surface area (Å²) in [5, 5.41) is 2.49. The first-order valence-corrected chi connectivity index (χ1v) is 15.6. The monoisotopic (exact) mass is 678 g/mol. The van der Waals surface area contributed by atoms with Crippen LogP contribution in [0.2, 0.25) is 0 Å². The van der Waals surface area contributed by atoms with Crippen LogP contribution >= 0.6 is 34.0 Å². The van der Waals surface area contributed by atoms with Crippen LogP contribution in [-0.4, -0.2) is 0 Å². The normalized spacial score (nSPS) is 13.0. The molecule has 0 aliphatic carbocycles. The number of fused-ring (bicyclic) bond motifs is 6. The molecule has 0 aliphatic heterocycles. The molecule has 0 unspecified atom stereocenters. The quantitative estimate of drug-likeness (QED) is 0.163. The zero-order chi connectivity index (χ0) is 31.9. The minimum Gasteiger partial charge on any atom is -0.166 e. The Labute approximate surface area is 260 Å². The summed E-state index contributed by atoms with van der Waals surface area (Å²) in [7, 11) is 0. The summed E-state index contributed by atoms with van der Waals surface area (Å²) in [6, 6.07) is 20.3. The smallest absolute Gasteiger partial charge is 0.166 e. The van der Waals surface area contributed by atoms with Gasteiger partial charge in [-0.25, -0.2) is 0 Å². The third-order valence-electron chi connectivity index (χ3n) is 7.42. The predicted octanol–water partition coefficient (Wildman–Crippen LogP) is 13.4. The van der Waals surface area contributed by atoms with Gasteiger partial charge in [0, 0.05) is 44.9 Å². The van der Waals surface area contributed by atoms with Crippen molar-refractivity contribution in [1.82, 2.24) is 0 Å². The zero-order valence-electron chi connectivity index (χ0n) is 22.3. The molecular weight excluding hydrogens is 664 g/mol. The van der Waals surface area contributed by atoms with Crippen LogP contribution in [0.25, 0.3) is 61.6 Å². The van der Waals surface area contributed by atoms with Crippen LogP contribution in [0.5, 0.6) is 0 Å². The molecule has 4 aromatic carbocycles. The van der Waals surface area contributed by atoms with Gasteiger partial charge in [0.15, 0.2) is 0 Å². The molecule has 0 N–H and O–H groups in total. The molecule has 0 saturated heterocycles. The lowest BCUT2D eigenvalue weighted by molar-refractivity contribution is -0.138. The Kier molecular flexibility index (Phi) is 6.84. The van der Waals surface area contributed by atoms with E-state index in [0.717, 1.165) is 81.3 Å². The van der Waals surface area contributed by atoms with Crippen molar-refractivity contribution >= 4 is 64.3 Å². The first kappa shape index (κ1) is 29.8. The molecule has 0 nitrogen and oxygen atoms in total. The summed E-state index contributed by atoms with van der Waals surface area (Å²) >= 11 is 4.17. The van der Waals surface area contributed by atoms with Crippen LogP contribution < -0.4 is 0 Å². The highest BCUT2D eigenvalue weighted by molar-refractivity contribution is 7.29. The van der Waals surface area contributed by atoms with Gasteiger partial charge >= 0.3 is 18.5 Å². The highest BCUT2D eigenvalue weighted by atomic mass is 32.1. The maximum atomic E-state index is 13.2. The standard InChI is InChI=1S/C33H15F9S3/c34-31(35,36)19-7-1-16(2-8-19)25-13-22-28(43-25)23-14-26(17-3-9-20(10-4-17)32(37,38)39)45-30(23)24-15-27(44-29(22)24)18-5-11-21(12-6-18)33(40,41)42/h1-15H. The fourth-order valence-electron chi connectivity index (χ4n) is 5.18. The van der Waals surface area contributed by atoms with Crippen molar-refractivity contribution in [3.8, 4) is 31.3 Å². The first-order valence-electron chi connectivity index (χ1n) is 13.1. The Hall–Kier alpha value is -3.87. The molecule has 0 saturated carbocycles. The number of hydrogen-bond donors (Lipinski definition) is 0. The molecule has 0 amide bonds. The van der Waals surface area contributed by atoms with Gasteiger partial charge < -0.3 is 0 Å². The Bertz CT molecular complexity index is 1840. The van der Waals surface area contributed by atoms with Gasteiger partial charge in [-0.05, 0) is 71.3 Å². The van der Waals surface area contributed by atoms with E-state index >= 15 is 0 Å². The molecule has 0 spiro atoms. The van der Waals surface area contributed by atoms with E-state index in [9.17, 15) is 39.5 Å². The molecule has 0 radical (unpaired) electrons. The average molecular weight is 679 g/mol. The van der Waals surface area contributed by atoms with Gasteiger partial charge in [-0.1, -0.05) is 36.4 Å². The Morgan fingerprint density at radius 1 is 0.333 bits per heavy atom. The first-order chi connectivity index (χ1) is 21.2. The van der Waals surface area contributed by atoms with E-state index in [1.54, 1.807) is 0 Å². The molecule has 0 atom stereocenters. The van der Waals surface area contributed by atoms with E-state index in [-0.39, 0.29) is 0 Å². The molecule has 3 heterocycles. The second kappa shape index (κ2) is 10.3. The van der Waals surface area contributed by atoms with Crippen LogP contribution in [0.4, 0.5) is 39.5 Å². The highest BCUT2D eigenvalue weighted by Crippen LogP contribution is 2.51. The fraction of sp³-hybridized carbons (Fsp3) is 0.0909. The summed E-state index contributed by atoms with van der Waals surface area (Å²) in [5.41, 5.74) is -0.545. The van der Waals surface area contributed by atoms with Crippen molar-refractivity contribution in [3.63, 3.8) is 0 Å². The zero-order valence-corrected chi connectivity index (χ0v) is 24.7. The number of hydrogen-bond acceptors (Lipinski definition) is 3.